The van der Waals surface area contributed by atoms with Crippen LogP contribution >= 0.6 is 11.3 Å². The van der Waals surface area contributed by atoms with Gasteiger partial charge in [-0.05, 0) is 17.7 Å². The summed E-state index contributed by atoms with van der Waals surface area (Å²) >= 11 is 1.84. The van der Waals surface area contributed by atoms with Gasteiger partial charge in [-0.1, -0.05) is 109 Å². The first-order valence-corrected chi connectivity index (χ1v) is 13.9. The summed E-state index contributed by atoms with van der Waals surface area (Å²) in [6.45, 7) is 0. The monoisotopic (exact) mass is 520 g/mol. The summed E-state index contributed by atoms with van der Waals surface area (Å²) in [6, 6.07) is 42.7. The molecule has 1 unspecified atom stereocenters. The van der Waals surface area contributed by atoms with Gasteiger partial charge >= 0.3 is 0 Å². The number of hydrogen-bond acceptors (Lipinski definition) is 4. The van der Waals surface area contributed by atoms with E-state index in [4.69, 9.17) is 9.98 Å². The number of aromatic nitrogens is 1. The Labute approximate surface area is 229 Å². The van der Waals surface area contributed by atoms with Gasteiger partial charge in [-0.2, -0.15) is 4.99 Å². The van der Waals surface area contributed by atoms with Crippen LogP contribution in [0.25, 0.3) is 42.0 Å². The first-order valence-electron chi connectivity index (χ1n) is 13.1. The van der Waals surface area contributed by atoms with Crippen LogP contribution in [-0.2, 0) is 0 Å². The van der Waals surface area contributed by atoms with E-state index in [-0.39, 0.29) is 6.17 Å². The van der Waals surface area contributed by atoms with Crippen LogP contribution in [0.15, 0.2) is 131 Å². The lowest BCUT2D eigenvalue weighted by molar-refractivity contribution is 0.381. The van der Waals surface area contributed by atoms with E-state index in [0.717, 1.165) is 22.5 Å². The molecule has 0 bridgehead atoms. The summed E-state index contributed by atoms with van der Waals surface area (Å²) < 4.78 is 4.84. The Kier molecular flexibility index (Phi) is 4.94. The lowest BCUT2D eigenvalue weighted by Crippen LogP contribution is -2.36. The van der Waals surface area contributed by atoms with Gasteiger partial charge in [-0.15, -0.1) is 11.3 Å². The molecule has 0 saturated carbocycles. The Morgan fingerprint density at radius 1 is 0.641 bits per heavy atom. The number of aliphatic imine (C=N–C) groups is 2. The van der Waals surface area contributed by atoms with Crippen molar-refractivity contribution in [3.63, 3.8) is 0 Å². The van der Waals surface area contributed by atoms with Gasteiger partial charge in [-0.3, -0.25) is 4.57 Å². The first-order chi connectivity index (χ1) is 19.3. The average Bonchev–Trinajstić information content (AvgIpc) is 3.54. The molecule has 5 aromatic carbocycles. The topological polar surface area (TPSA) is 32.9 Å². The molecule has 4 nitrogen and oxygen atoms in total. The van der Waals surface area contributed by atoms with Crippen molar-refractivity contribution in [2.45, 2.75) is 6.17 Å². The molecule has 0 saturated heterocycles. The van der Waals surface area contributed by atoms with E-state index in [1.807, 2.05) is 23.5 Å². The van der Waals surface area contributed by atoms with Crippen LogP contribution in [0.4, 0.5) is 0 Å². The normalized spacial score (nSPS) is 15.8. The van der Waals surface area contributed by atoms with Crippen molar-refractivity contribution in [1.82, 2.24) is 9.47 Å². The third kappa shape index (κ3) is 3.37. The van der Waals surface area contributed by atoms with Crippen molar-refractivity contribution >= 4 is 65.1 Å². The molecule has 1 aliphatic heterocycles. The van der Waals surface area contributed by atoms with Gasteiger partial charge in [0.1, 0.15) is 5.84 Å². The van der Waals surface area contributed by atoms with Crippen molar-refractivity contribution in [1.29, 1.82) is 0 Å². The molecule has 0 amide bonds. The van der Waals surface area contributed by atoms with Crippen LogP contribution in [0, 0.1) is 0 Å². The number of amidine groups is 1. The minimum absolute atomic E-state index is 0.202. The molecule has 3 heterocycles. The van der Waals surface area contributed by atoms with E-state index in [9.17, 15) is 0 Å². The molecule has 0 spiro atoms. The second-order valence-electron chi connectivity index (χ2n) is 9.91. The molecule has 0 aliphatic carbocycles. The summed E-state index contributed by atoms with van der Waals surface area (Å²) in [5.41, 5.74) is 4.49. The summed E-state index contributed by atoms with van der Waals surface area (Å²) in [4.78, 5) is 12.8. The van der Waals surface area contributed by atoms with Crippen molar-refractivity contribution in [2.24, 2.45) is 9.98 Å². The van der Waals surface area contributed by atoms with E-state index in [1.165, 1.54) is 36.5 Å². The Morgan fingerprint density at radius 2 is 1.31 bits per heavy atom. The van der Waals surface area contributed by atoms with E-state index in [2.05, 4.69) is 126 Å². The van der Waals surface area contributed by atoms with Crippen LogP contribution in [0.3, 0.4) is 0 Å². The highest BCUT2D eigenvalue weighted by Gasteiger charge is 2.28. The fourth-order valence-corrected chi connectivity index (χ4v) is 7.08. The van der Waals surface area contributed by atoms with E-state index < -0.39 is 0 Å². The molecule has 39 heavy (non-hydrogen) atoms. The smallest absolute Gasteiger partial charge is 0.234 e. The molecule has 8 rings (SSSR count). The quantitative estimate of drug-likeness (QED) is 0.225. The van der Waals surface area contributed by atoms with E-state index in [1.54, 1.807) is 0 Å². The van der Waals surface area contributed by atoms with Gasteiger partial charge in [0.15, 0.2) is 6.17 Å². The third-order valence-corrected chi connectivity index (χ3v) is 8.85. The molecular formula is C34H24N4S. The van der Waals surface area contributed by atoms with Crippen LogP contribution < -0.4 is 0 Å². The standard InChI is InChI=1S/C34H24N4S/c1-37-32(22-12-4-2-5-13-22)35-34(36-33(37)23-14-6-3-7-15-23)38-28-18-10-8-16-24(28)26-20-21-27-25-17-9-11-19-29(25)39-31(27)30(26)38/h2-21,32H,1H3. The van der Waals surface area contributed by atoms with Crippen LogP contribution in [-0.4, -0.2) is 28.3 Å². The predicted octanol–water partition coefficient (Wildman–Crippen LogP) is 8.46. The molecule has 186 valence electrons. The van der Waals surface area contributed by atoms with Crippen molar-refractivity contribution in [3.05, 3.63) is 132 Å². The predicted molar refractivity (Wildman–Crippen MR) is 165 cm³/mol. The van der Waals surface area contributed by atoms with Gasteiger partial charge < -0.3 is 4.90 Å². The number of thiophene rings is 1. The minimum Gasteiger partial charge on any atom is -0.333 e. The van der Waals surface area contributed by atoms with Gasteiger partial charge in [-0.25, -0.2) is 4.99 Å². The fraction of sp³-hybridized carbons (Fsp3) is 0.0588. The third-order valence-electron chi connectivity index (χ3n) is 7.65. The zero-order valence-corrected chi connectivity index (χ0v) is 22.1. The molecule has 1 atom stereocenters. The van der Waals surface area contributed by atoms with Gasteiger partial charge in [0, 0.05) is 38.9 Å². The second-order valence-corrected chi connectivity index (χ2v) is 11.0. The molecule has 1 aliphatic rings. The average molecular weight is 521 g/mol. The maximum Gasteiger partial charge on any atom is 0.234 e. The van der Waals surface area contributed by atoms with Gasteiger partial charge in [0.05, 0.1) is 15.7 Å². The molecule has 0 radical (unpaired) electrons. The SMILES string of the molecule is CN1C(c2ccccc2)=NC(n2c3ccccc3c3ccc4c5ccccc5sc4c32)=NC1c1ccccc1. The van der Waals surface area contributed by atoms with Crippen LogP contribution in [0.1, 0.15) is 17.3 Å². The van der Waals surface area contributed by atoms with Crippen molar-refractivity contribution in [3.8, 4) is 0 Å². The Hall–Kier alpha value is -4.74. The second kappa shape index (κ2) is 8.65. The molecule has 2 aromatic heterocycles. The lowest BCUT2D eigenvalue weighted by Gasteiger charge is -2.32. The van der Waals surface area contributed by atoms with Crippen molar-refractivity contribution in [2.75, 3.05) is 7.05 Å². The van der Waals surface area contributed by atoms with E-state index in [0.29, 0.717) is 5.96 Å². The number of benzene rings is 5. The molecule has 0 N–H and O–H groups in total. The number of rotatable bonds is 2. The number of fused-ring (bicyclic) bond motifs is 7. The zero-order chi connectivity index (χ0) is 25.9. The zero-order valence-electron chi connectivity index (χ0n) is 21.3. The number of nitrogens with zero attached hydrogens (tertiary/aromatic N) is 4. The number of para-hydroxylation sites is 1. The Balaban J connectivity index is 1.49. The summed E-state index contributed by atoms with van der Waals surface area (Å²) in [7, 11) is 2.08. The largest absolute Gasteiger partial charge is 0.333 e. The molecule has 0 fully saturated rings. The van der Waals surface area contributed by atoms with Crippen LogP contribution in [0.5, 0.6) is 0 Å². The Bertz CT molecular complexity index is 2080. The van der Waals surface area contributed by atoms with Crippen LogP contribution in [0.2, 0.25) is 0 Å². The summed E-state index contributed by atoms with van der Waals surface area (Å²) in [5.74, 6) is 1.61. The maximum absolute atomic E-state index is 5.33. The van der Waals surface area contributed by atoms with E-state index >= 15 is 0 Å². The Morgan fingerprint density at radius 3 is 2.13 bits per heavy atom. The van der Waals surface area contributed by atoms with Gasteiger partial charge in [0.25, 0.3) is 0 Å². The highest BCUT2D eigenvalue weighted by molar-refractivity contribution is 7.26. The number of hydrogen-bond donors (Lipinski definition) is 0. The van der Waals surface area contributed by atoms with Crippen molar-refractivity contribution < 1.29 is 0 Å². The molecule has 7 aromatic rings. The molecule has 5 heteroatoms. The highest BCUT2D eigenvalue weighted by Crippen LogP contribution is 2.42. The highest BCUT2D eigenvalue weighted by atomic mass is 32.1. The minimum atomic E-state index is -0.202. The van der Waals surface area contributed by atoms with Gasteiger partial charge in [0.2, 0.25) is 5.96 Å². The lowest BCUT2D eigenvalue weighted by atomic mass is 10.1. The summed E-state index contributed by atoms with van der Waals surface area (Å²) in [5, 5.41) is 4.99. The molecular weight excluding hydrogens is 496 g/mol. The maximum atomic E-state index is 5.33. The first kappa shape index (κ1) is 22.3. The fourth-order valence-electron chi connectivity index (χ4n) is 5.84. The summed E-state index contributed by atoms with van der Waals surface area (Å²) in [6.07, 6.45) is -0.202.